The Hall–Kier alpha value is -1.20. The van der Waals surface area contributed by atoms with Gasteiger partial charge >= 0.3 is 0 Å². The first-order valence-corrected chi connectivity index (χ1v) is 5.02. The topological polar surface area (TPSA) is 69.5 Å². The Morgan fingerprint density at radius 3 is 2.60 bits per heavy atom. The zero-order valence-corrected chi connectivity index (χ0v) is 9.14. The molecule has 5 nitrogen and oxygen atoms in total. The van der Waals surface area contributed by atoms with Gasteiger partial charge < -0.3 is 15.1 Å². The predicted octanol–water partition coefficient (Wildman–Crippen LogP) is 0.0959. The minimum absolute atomic E-state index is 0.0434. The Bertz CT molecular complexity index is 318. The second-order valence-electron chi connectivity index (χ2n) is 3.24. The summed E-state index contributed by atoms with van der Waals surface area (Å²) in [7, 11) is 0. The standard InChI is InChI=1S/C10H17N3O2/c1-3-13(4-5-14)10-11-6-9(7-15)8(2)12-10/h6,14-15H,3-5,7H2,1-2H3. The number of anilines is 1. The molecule has 5 heteroatoms. The van der Waals surface area contributed by atoms with E-state index in [2.05, 4.69) is 9.97 Å². The molecule has 1 heterocycles. The third kappa shape index (κ3) is 2.87. The quantitative estimate of drug-likeness (QED) is 0.722. The average Bonchev–Trinajstić information content (AvgIpc) is 2.25. The molecule has 0 aliphatic carbocycles. The summed E-state index contributed by atoms with van der Waals surface area (Å²) in [4.78, 5) is 10.3. The number of nitrogens with zero attached hydrogens (tertiary/aromatic N) is 3. The third-order valence-corrected chi connectivity index (χ3v) is 2.27. The van der Waals surface area contributed by atoms with E-state index in [1.54, 1.807) is 6.20 Å². The fraction of sp³-hybridized carbons (Fsp3) is 0.600. The van der Waals surface area contributed by atoms with Crippen molar-refractivity contribution in [2.45, 2.75) is 20.5 Å². The van der Waals surface area contributed by atoms with Crippen LogP contribution in [0.5, 0.6) is 0 Å². The van der Waals surface area contributed by atoms with Gasteiger partial charge in [0.25, 0.3) is 0 Å². The molecule has 1 aromatic heterocycles. The SMILES string of the molecule is CCN(CCO)c1ncc(CO)c(C)n1. The maximum absolute atomic E-state index is 8.97. The van der Waals surface area contributed by atoms with Crippen molar-refractivity contribution in [3.63, 3.8) is 0 Å². The molecule has 0 atom stereocenters. The lowest BCUT2D eigenvalue weighted by molar-refractivity contribution is 0.279. The van der Waals surface area contributed by atoms with E-state index in [0.29, 0.717) is 12.5 Å². The van der Waals surface area contributed by atoms with E-state index >= 15 is 0 Å². The van der Waals surface area contributed by atoms with Gasteiger partial charge in [0.1, 0.15) is 0 Å². The Morgan fingerprint density at radius 1 is 1.40 bits per heavy atom. The molecule has 0 radical (unpaired) electrons. The molecule has 0 aliphatic rings. The lowest BCUT2D eigenvalue weighted by Crippen LogP contribution is -2.28. The van der Waals surface area contributed by atoms with Crippen LogP contribution in [0, 0.1) is 6.92 Å². The van der Waals surface area contributed by atoms with Gasteiger partial charge in [-0.05, 0) is 13.8 Å². The molecule has 0 aliphatic heterocycles. The second kappa shape index (κ2) is 5.63. The number of aliphatic hydroxyl groups is 2. The van der Waals surface area contributed by atoms with Gasteiger partial charge in [-0.25, -0.2) is 9.97 Å². The van der Waals surface area contributed by atoms with Crippen molar-refractivity contribution >= 4 is 5.95 Å². The summed E-state index contributed by atoms with van der Waals surface area (Å²) in [5, 5.41) is 17.8. The molecule has 2 N–H and O–H groups in total. The van der Waals surface area contributed by atoms with Gasteiger partial charge in [0.05, 0.1) is 13.2 Å². The van der Waals surface area contributed by atoms with Gasteiger partial charge in [-0.1, -0.05) is 0 Å². The summed E-state index contributed by atoms with van der Waals surface area (Å²) in [5.41, 5.74) is 1.51. The van der Waals surface area contributed by atoms with Gasteiger partial charge in [-0.3, -0.25) is 0 Å². The van der Waals surface area contributed by atoms with E-state index in [-0.39, 0.29) is 13.2 Å². The van der Waals surface area contributed by atoms with E-state index in [0.717, 1.165) is 17.8 Å². The number of hydrogen-bond acceptors (Lipinski definition) is 5. The van der Waals surface area contributed by atoms with Crippen molar-refractivity contribution in [3.8, 4) is 0 Å². The fourth-order valence-electron chi connectivity index (χ4n) is 1.31. The highest BCUT2D eigenvalue weighted by molar-refractivity contribution is 5.32. The third-order valence-electron chi connectivity index (χ3n) is 2.27. The van der Waals surface area contributed by atoms with Crippen LogP contribution in [0.15, 0.2) is 6.20 Å². The van der Waals surface area contributed by atoms with Crippen molar-refractivity contribution in [2.24, 2.45) is 0 Å². The van der Waals surface area contributed by atoms with E-state index in [9.17, 15) is 0 Å². The Labute approximate surface area is 89.4 Å². The van der Waals surface area contributed by atoms with Crippen molar-refractivity contribution in [1.29, 1.82) is 0 Å². The van der Waals surface area contributed by atoms with Gasteiger partial charge in [0.2, 0.25) is 5.95 Å². The first-order valence-electron chi connectivity index (χ1n) is 5.02. The average molecular weight is 211 g/mol. The molecule has 15 heavy (non-hydrogen) atoms. The maximum Gasteiger partial charge on any atom is 0.225 e. The molecule has 0 unspecified atom stereocenters. The van der Waals surface area contributed by atoms with Crippen LogP contribution in [0.2, 0.25) is 0 Å². The zero-order chi connectivity index (χ0) is 11.3. The summed E-state index contributed by atoms with van der Waals surface area (Å²) in [6.45, 7) is 5.13. The Kier molecular flexibility index (Phi) is 4.45. The normalized spacial score (nSPS) is 10.4. The van der Waals surface area contributed by atoms with Crippen LogP contribution in [0.4, 0.5) is 5.95 Å². The molecule has 0 bridgehead atoms. The number of aromatic nitrogens is 2. The molecular weight excluding hydrogens is 194 g/mol. The van der Waals surface area contributed by atoms with Crippen LogP contribution in [-0.4, -0.2) is 39.9 Å². The summed E-state index contributed by atoms with van der Waals surface area (Å²) in [6.07, 6.45) is 1.62. The van der Waals surface area contributed by atoms with E-state index < -0.39 is 0 Å². The number of rotatable bonds is 5. The largest absolute Gasteiger partial charge is 0.395 e. The highest BCUT2D eigenvalue weighted by atomic mass is 16.3. The van der Waals surface area contributed by atoms with Crippen LogP contribution in [-0.2, 0) is 6.61 Å². The summed E-state index contributed by atoms with van der Waals surface area (Å²) >= 11 is 0. The smallest absolute Gasteiger partial charge is 0.225 e. The highest BCUT2D eigenvalue weighted by Crippen LogP contribution is 2.10. The van der Waals surface area contributed by atoms with Gasteiger partial charge in [-0.15, -0.1) is 0 Å². The minimum atomic E-state index is -0.0434. The van der Waals surface area contributed by atoms with Crippen LogP contribution >= 0.6 is 0 Å². The highest BCUT2D eigenvalue weighted by Gasteiger charge is 2.08. The first-order chi connectivity index (χ1) is 7.22. The second-order valence-corrected chi connectivity index (χ2v) is 3.24. The molecule has 1 rings (SSSR count). The lowest BCUT2D eigenvalue weighted by atomic mass is 10.2. The maximum atomic E-state index is 8.97. The van der Waals surface area contributed by atoms with Gasteiger partial charge in [-0.2, -0.15) is 0 Å². The van der Waals surface area contributed by atoms with E-state index in [4.69, 9.17) is 10.2 Å². The van der Waals surface area contributed by atoms with Crippen LogP contribution < -0.4 is 4.90 Å². The molecule has 0 spiro atoms. The summed E-state index contributed by atoms with van der Waals surface area (Å²) in [5.74, 6) is 0.598. The molecule has 0 saturated carbocycles. The van der Waals surface area contributed by atoms with Crippen molar-refractivity contribution in [2.75, 3.05) is 24.6 Å². The van der Waals surface area contributed by atoms with Crippen molar-refractivity contribution < 1.29 is 10.2 Å². The number of aryl methyl sites for hydroxylation is 1. The molecule has 84 valence electrons. The predicted molar refractivity (Wildman–Crippen MR) is 57.7 cm³/mol. The Morgan fingerprint density at radius 2 is 2.13 bits per heavy atom. The monoisotopic (exact) mass is 211 g/mol. The minimum Gasteiger partial charge on any atom is -0.395 e. The molecule has 0 fully saturated rings. The molecular formula is C10H17N3O2. The van der Waals surface area contributed by atoms with Crippen molar-refractivity contribution in [1.82, 2.24) is 9.97 Å². The lowest BCUT2D eigenvalue weighted by Gasteiger charge is -2.19. The molecule has 0 saturated heterocycles. The fourth-order valence-corrected chi connectivity index (χ4v) is 1.31. The Balaban J connectivity index is 2.89. The summed E-state index contributed by atoms with van der Waals surface area (Å²) in [6, 6.07) is 0. The molecule has 1 aromatic rings. The van der Waals surface area contributed by atoms with Gasteiger partial charge in [0, 0.05) is 30.5 Å². The van der Waals surface area contributed by atoms with Gasteiger partial charge in [0.15, 0.2) is 0 Å². The first kappa shape index (κ1) is 11.9. The van der Waals surface area contributed by atoms with E-state index in [1.165, 1.54) is 0 Å². The molecule has 0 aromatic carbocycles. The van der Waals surface area contributed by atoms with Crippen LogP contribution in [0.25, 0.3) is 0 Å². The van der Waals surface area contributed by atoms with Crippen LogP contribution in [0.3, 0.4) is 0 Å². The number of likely N-dealkylation sites (N-methyl/N-ethyl adjacent to an activating group) is 1. The van der Waals surface area contributed by atoms with Crippen molar-refractivity contribution in [3.05, 3.63) is 17.5 Å². The zero-order valence-electron chi connectivity index (χ0n) is 9.14. The summed E-state index contributed by atoms with van der Waals surface area (Å²) < 4.78 is 0. The van der Waals surface area contributed by atoms with E-state index in [1.807, 2.05) is 18.7 Å². The number of aliphatic hydroxyl groups excluding tert-OH is 2. The molecule has 0 amide bonds. The number of hydrogen-bond donors (Lipinski definition) is 2. The van der Waals surface area contributed by atoms with Crippen LogP contribution in [0.1, 0.15) is 18.2 Å².